The van der Waals surface area contributed by atoms with Gasteiger partial charge in [-0.1, -0.05) is 206 Å². The standard InChI is InChI=1S/C68H41N5/c1-4-19-43(20-5-1)65-69-66(44-21-6-2-7-22-44)71-67(70-65)73-59-37-33-45(46-34-38-60-54(41-46)62-48-25-11-10-18-42(48)32-39-61(62)72(60)47-23-8-3-9-24-47)40-53(59)51-35-36-58-63(64(51)73)52-28-14-17-31-57(52)68(58)55-29-15-12-26-49(55)50-27-13-16-30-56(50)68/h1-41H. The Balaban J connectivity index is 1.01. The first-order chi connectivity index (χ1) is 36.2. The molecule has 0 atom stereocenters. The molecule has 5 heteroatoms. The summed E-state index contributed by atoms with van der Waals surface area (Å²) in [6, 6.07) is 90.4. The molecule has 3 heterocycles. The molecule has 0 aliphatic heterocycles. The molecule has 0 radical (unpaired) electrons. The summed E-state index contributed by atoms with van der Waals surface area (Å²) in [5, 5.41) is 7.22. The average molecular weight is 928 g/mol. The van der Waals surface area contributed by atoms with Crippen molar-refractivity contribution >= 4 is 54.4 Å². The number of nitrogens with zero attached hydrogens (tertiary/aromatic N) is 5. The van der Waals surface area contributed by atoms with Crippen LogP contribution in [0, 0.1) is 0 Å². The van der Waals surface area contributed by atoms with Gasteiger partial charge in [-0.25, -0.2) is 4.98 Å². The summed E-state index contributed by atoms with van der Waals surface area (Å²) in [5.41, 5.74) is 19.4. The quantitative estimate of drug-likeness (QED) is 0.173. The number of rotatable bonds is 5. The Hall–Kier alpha value is -9.71. The average Bonchev–Trinajstić information content (AvgIpc) is 4.26. The Morgan fingerprint density at radius 1 is 0.315 bits per heavy atom. The van der Waals surface area contributed by atoms with E-state index in [1.54, 1.807) is 0 Å². The number of para-hydroxylation sites is 1. The number of fused-ring (bicyclic) bond motifs is 19. The van der Waals surface area contributed by atoms with Gasteiger partial charge < -0.3 is 4.57 Å². The molecule has 0 saturated heterocycles. The highest BCUT2D eigenvalue weighted by atomic mass is 15.2. The van der Waals surface area contributed by atoms with E-state index in [4.69, 9.17) is 15.0 Å². The molecule has 0 saturated carbocycles. The van der Waals surface area contributed by atoms with E-state index >= 15 is 0 Å². The summed E-state index contributed by atoms with van der Waals surface area (Å²) in [6.45, 7) is 0. The topological polar surface area (TPSA) is 48.5 Å². The van der Waals surface area contributed by atoms with Gasteiger partial charge in [0, 0.05) is 43.9 Å². The maximum atomic E-state index is 5.45. The van der Waals surface area contributed by atoms with Crippen LogP contribution in [0.2, 0.25) is 0 Å². The Bertz CT molecular complexity index is 4500. The van der Waals surface area contributed by atoms with E-state index in [2.05, 4.69) is 221 Å². The molecule has 0 unspecified atom stereocenters. The first-order valence-corrected chi connectivity index (χ1v) is 25.0. The van der Waals surface area contributed by atoms with Crippen LogP contribution in [0.5, 0.6) is 0 Å². The summed E-state index contributed by atoms with van der Waals surface area (Å²) in [5.74, 6) is 1.81. The molecule has 0 bridgehead atoms. The van der Waals surface area contributed by atoms with Crippen molar-refractivity contribution in [2.75, 3.05) is 0 Å². The second kappa shape index (κ2) is 15.1. The minimum Gasteiger partial charge on any atom is -0.309 e. The van der Waals surface area contributed by atoms with Crippen LogP contribution in [0.1, 0.15) is 22.3 Å². The summed E-state index contributed by atoms with van der Waals surface area (Å²) in [7, 11) is 0. The van der Waals surface area contributed by atoms with Crippen LogP contribution in [0.4, 0.5) is 0 Å². The second-order valence-corrected chi connectivity index (χ2v) is 19.4. The fraction of sp³-hybridized carbons (Fsp3) is 0.0147. The van der Waals surface area contributed by atoms with Crippen molar-refractivity contribution in [3.05, 3.63) is 271 Å². The largest absolute Gasteiger partial charge is 0.309 e. The summed E-state index contributed by atoms with van der Waals surface area (Å²) >= 11 is 0. The van der Waals surface area contributed by atoms with E-state index in [1.165, 1.54) is 77.1 Å². The fourth-order valence-corrected chi connectivity index (χ4v) is 12.8. The third kappa shape index (κ3) is 5.53. The lowest BCUT2D eigenvalue weighted by Gasteiger charge is -2.30. The van der Waals surface area contributed by atoms with Crippen molar-refractivity contribution in [1.29, 1.82) is 0 Å². The molecular weight excluding hydrogens is 887 g/mol. The molecule has 2 aliphatic rings. The van der Waals surface area contributed by atoms with Crippen molar-refractivity contribution in [3.8, 4) is 67.8 Å². The summed E-state index contributed by atoms with van der Waals surface area (Å²) < 4.78 is 4.74. The minimum atomic E-state index is -0.526. The van der Waals surface area contributed by atoms with E-state index < -0.39 is 5.41 Å². The summed E-state index contributed by atoms with van der Waals surface area (Å²) in [6.07, 6.45) is 0. The SMILES string of the molecule is c1ccc(-c2nc(-c3ccccc3)nc(-n3c4ccc(-c5ccc6c(c5)c5c7ccccc7ccc5n6-c5ccccc5)cc4c4ccc5c(c43)-c3ccccc3C53c4ccccc4-c4ccccc43)n2)cc1. The minimum absolute atomic E-state index is 0.526. The van der Waals surface area contributed by atoms with Crippen LogP contribution in [-0.4, -0.2) is 24.1 Å². The van der Waals surface area contributed by atoms with Crippen LogP contribution >= 0.6 is 0 Å². The van der Waals surface area contributed by atoms with Gasteiger partial charge in [0.05, 0.1) is 27.5 Å². The monoisotopic (exact) mass is 927 g/mol. The van der Waals surface area contributed by atoms with E-state index in [1.807, 2.05) is 36.4 Å². The maximum absolute atomic E-state index is 5.45. The first kappa shape index (κ1) is 40.1. The smallest absolute Gasteiger partial charge is 0.238 e. The molecule has 2 aliphatic carbocycles. The van der Waals surface area contributed by atoms with Gasteiger partial charge in [-0.3, -0.25) is 4.57 Å². The van der Waals surface area contributed by atoms with Crippen LogP contribution in [0.3, 0.4) is 0 Å². The predicted molar refractivity (Wildman–Crippen MR) is 299 cm³/mol. The van der Waals surface area contributed by atoms with Crippen LogP contribution in [-0.2, 0) is 5.41 Å². The molecule has 5 nitrogen and oxygen atoms in total. The van der Waals surface area contributed by atoms with Crippen molar-refractivity contribution in [2.24, 2.45) is 0 Å². The summed E-state index contributed by atoms with van der Waals surface area (Å²) in [4.78, 5) is 16.1. The molecular formula is C68H41N5. The lowest BCUT2D eigenvalue weighted by Crippen LogP contribution is -2.25. The number of hydrogen-bond acceptors (Lipinski definition) is 3. The molecule has 0 amide bonds. The van der Waals surface area contributed by atoms with Gasteiger partial charge in [-0.15, -0.1) is 0 Å². The third-order valence-corrected chi connectivity index (χ3v) is 15.8. The van der Waals surface area contributed by atoms with E-state index in [0.717, 1.165) is 49.7 Å². The molecule has 338 valence electrons. The van der Waals surface area contributed by atoms with Crippen molar-refractivity contribution < 1.29 is 0 Å². The normalized spacial score (nSPS) is 13.0. The van der Waals surface area contributed by atoms with E-state index in [-0.39, 0.29) is 0 Å². The van der Waals surface area contributed by atoms with Gasteiger partial charge >= 0.3 is 0 Å². The number of aromatic nitrogens is 5. The van der Waals surface area contributed by atoms with Crippen LogP contribution in [0.25, 0.3) is 122 Å². The molecule has 0 fully saturated rings. The van der Waals surface area contributed by atoms with Crippen LogP contribution < -0.4 is 0 Å². The lowest BCUT2D eigenvalue weighted by atomic mass is 9.70. The maximum Gasteiger partial charge on any atom is 0.238 e. The zero-order chi connectivity index (χ0) is 47.8. The molecule has 1 spiro atoms. The second-order valence-electron chi connectivity index (χ2n) is 19.4. The van der Waals surface area contributed by atoms with Gasteiger partial charge in [-0.05, 0) is 103 Å². The van der Waals surface area contributed by atoms with Gasteiger partial charge in [0.25, 0.3) is 0 Å². The molecule has 11 aromatic carbocycles. The zero-order valence-corrected chi connectivity index (χ0v) is 39.4. The highest BCUT2D eigenvalue weighted by Gasteiger charge is 2.52. The zero-order valence-electron chi connectivity index (χ0n) is 39.4. The van der Waals surface area contributed by atoms with Crippen LogP contribution in [0.15, 0.2) is 249 Å². The molecule has 3 aromatic heterocycles. The van der Waals surface area contributed by atoms with Crippen molar-refractivity contribution in [2.45, 2.75) is 5.41 Å². The predicted octanol–water partition coefficient (Wildman–Crippen LogP) is 16.6. The highest BCUT2D eigenvalue weighted by Crippen LogP contribution is 2.64. The fourth-order valence-electron chi connectivity index (χ4n) is 12.8. The Morgan fingerprint density at radius 3 is 1.49 bits per heavy atom. The van der Waals surface area contributed by atoms with Gasteiger partial charge in [0.2, 0.25) is 5.95 Å². The van der Waals surface area contributed by atoms with Crippen molar-refractivity contribution in [3.63, 3.8) is 0 Å². The highest BCUT2D eigenvalue weighted by molar-refractivity contribution is 6.22. The van der Waals surface area contributed by atoms with E-state index in [9.17, 15) is 0 Å². The van der Waals surface area contributed by atoms with Gasteiger partial charge in [0.1, 0.15) is 0 Å². The number of benzene rings is 11. The lowest BCUT2D eigenvalue weighted by molar-refractivity contribution is 0.794. The first-order valence-electron chi connectivity index (χ1n) is 25.0. The molecule has 14 aromatic rings. The molecule has 0 N–H and O–H groups in total. The van der Waals surface area contributed by atoms with Gasteiger partial charge in [0.15, 0.2) is 11.6 Å². The molecule has 73 heavy (non-hydrogen) atoms. The Kier molecular flexibility index (Phi) is 8.31. The third-order valence-electron chi connectivity index (χ3n) is 15.8. The Labute approximate surface area is 420 Å². The van der Waals surface area contributed by atoms with Crippen molar-refractivity contribution in [1.82, 2.24) is 24.1 Å². The number of hydrogen-bond donors (Lipinski definition) is 0. The van der Waals surface area contributed by atoms with Gasteiger partial charge in [-0.2, -0.15) is 9.97 Å². The Morgan fingerprint density at radius 2 is 0.836 bits per heavy atom. The molecule has 16 rings (SSSR count). The van der Waals surface area contributed by atoms with E-state index in [0.29, 0.717) is 17.6 Å².